The summed E-state index contributed by atoms with van der Waals surface area (Å²) < 4.78 is 33.9. The van der Waals surface area contributed by atoms with Crippen LogP contribution < -0.4 is 0 Å². The average molecular weight is 272 g/mol. The number of rotatable bonds is 3. The standard InChI is InChI=1S/C15H22F2O2/c1-2-3-12-4-6-13(7-5-12)8-9-14-10-18-15(16,17)19-11-14/h2-3,8-9,12-14H,4-7,10-11H2,1H3. The van der Waals surface area contributed by atoms with Gasteiger partial charge in [0.1, 0.15) is 0 Å². The maximum atomic E-state index is 12.6. The van der Waals surface area contributed by atoms with E-state index in [-0.39, 0.29) is 19.1 Å². The van der Waals surface area contributed by atoms with Crippen LogP contribution >= 0.6 is 0 Å². The van der Waals surface area contributed by atoms with Crippen molar-refractivity contribution >= 4 is 0 Å². The molecule has 0 bridgehead atoms. The smallest absolute Gasteiger partial charge is 0.295 e. The fourth-order valence-electron chi connectivity index (χ4n) is 2.73. The third-order valence-electron chi connectivity index (χ3n) is 3.87. The average Bonchev–Trinajstić information content (AvgIpc) is 2.40. The molecule has 0 spiro atoms. The summed E-state index contributed by atoms with van der Waals surface area (Å²) in [6, 6.07) is 0. The van der Waals surface area contributed by atoms with E-state index in [4.69, 9.17) is 0 Å². The highest BCUT2D eigenvalue weighted by Gasteiger charge is 2.37. The molecule has 19 heavy (non-hydrogen) atoms. The van der Waals surface area contributed by atoms with E-state index in [1.54, 1.807) is 0 Å². The number of ether oxygens (including phenoxy) is 2. The first kappa shape index (κ1) is 14.7. The highest BCUT2D eigenvalue weighted by molar-refractivity contribution is 4.97. The van der Waals surface area contributed by atoms with E-state index in [1.165, 1.54) is 25.7 Å². The zero-order valence-electron chi connectivity index (χ0n) is 11.4. The molecule has 2 nitrogen and oxygen atoms in total. The Balaban J connectivity index is 1.72. The Labute approximate surface area is 113 Å². The van der Waals surface area contributed by atoms with Crippen molar-refractivity contribution in [3.8, 4) is 0 Å². The highest BCUT2D eigenvalue weighted by Crippen LogP contribution is 2.31. The van der Waals surface area contributed by atoms with Crippen LogP contribution in [0.2, 0.25) is 0 Å². The Kier molecular flexibility index (Phi) is 5.11. The van der Waals surface area contributed by atoms with E-state index in [1.807, 2.05) is 6.08 Å². The Morgan fingerprint density at radius 2 is 1.32 bits per heavy atom. The minimum Gasteiger partial charge on any atom is -0.295 e. The van der Waals surface area contributed by atoms with Crippen LogP contribution in [0.1, 0.15) is 32.6 Å². The van der Waals surface area contributed by atoms with E-state index in [2.05, 4.69) is 34.6 Å². The lowest BCUT2D eigenvalue weighted by molar-refractivity contribution is -0.417. The summed E-state index contributed by atoms with van der Waals surface area (Å²) in [6.07, 6.45) is 9.94. The number of halogens is 2. The molecule has 108 valence electrons. The summed E-state index contributed by atoms with van der Waals surface area (Å²) in [4.78, 5) is 0. The molecule has 1 aliphatic carbocycles. The second-order valence-electron chi connectivity index (χ2n) is 5.43. The molecule has 1 saturated heterocycles. The van der Waals surface area contributed by atoms with Gasteiger partial charge in [0.15, 0.2) is 0 Å². The van der Waals surface area contributed by atoms with Crippen molar-refractivity contribution in [2.75, 3.05) is 13.2 Å². The van der Waals surface area contributed by atoms with Crippen molar-refractivity contribution in [3.63, 3.8) is 0 Å². The summed E-state index contributed by atoms with van der Waals surface area (Å²) in [6.45, 7) is 2.14. The molecule has 0 N–H and O–H groups in total. The van der Waals surface area contributed by atoms with Crippen LogP contribution in [0.15, 0.2) is 24.3 Å². The van der Waals surface area contributed by atoms with Crippen molar-refractivity contribution in [1.29, 1.82) is 0 Å². The molecular weight excluding hydrogens is 250 g/mol. The largest absolute Gasteiger partial charge is 0.485 e. The van der Waals surface area contributed by atoms with Crippen molar-refractivity contribution in [2.45, 2.75) is 38.9 Å². The number of hydrogen-bond acceptors (Lipinski definition) is 2. The molecular formula is C15H22F2O2. The van der Waals surface area contributed by atoms with Gasteiger partial charge in [-0.25, -0.2) is 0 Å². The predicted molar refractivity (Wildman–Crippen MR) is 69.7 cm³/mol. The molecule has 0 amide bonds. The molecule has 0 aromatic heterocycles. The lowest BCUT2D eigenvalue weighted by Gasteiger charge is -2.27. The van der Waals surface area contributed by atoms with E-state index < -0.39 is 6.29 Å². The Morgan fingerprint density at radius 3 is 1.84 bits per heavy atom. The molecule has 2 fully saturated rings. The van der Waals surface area contributed by atoms with Crippen LogP contribution in [-0.4, -0.2) is 19.5 Å². The van der Waals surface area contributed by atoms with E-state index in [9.17, 15) is 8.78 Å². The normalized spacial score (nSPS) is 33.2. The molecule has 0 atom stereocenters. The first-order valence-electron chi connectivity index (χ1n) is 7.06. The second-order valence-corrected chi connectivity index (χ2v) is 5.43. The van der Waals surface area contributed by atoms with E-state index in [0.29, 0.717) is 5.92 Å². The Hall–Kier alpha value is -0.740. The molecule has 0 unspecified atom stereocenters. The van der Waals surface area contributed by atoms with Gasteiger partial charge in [-0.05, 0) is 44.4 Å². The van der Waals surface area contributed by atoms with Gasteiger partial charge in [0.2, 0.25) is 0 Å². The third kappa shape index (κ3) is 4.69. The van der Waals surface area contributed by atoms with Gasteiger partial charge in [0.05, 0.1) is 13.2 Å². The number of allylic oxidation sites excluding steroid dienone is 3. The van der Waals surface area contributed by atoms with Crippen molar-refractivity contribution < 1.29 is 18.3 Å². The molecule has 0 aromatic rings. The SMILES string of the molecule is CC=CC1CCC(C=CC2COC(F)(F)OC2)CC1. The molecule has 2 rings (SSSR count). The van der Waals surface area contributed by atoms with Gasteiger partial charge < -0.3 is 0 Å². The second kappa shape index (κ2) is 6.62. The minimum atomic E-state index is -3.39. The summed E-state index contributed by atoms with van der Waals surface area (Å²) in [5.41, 5.74) is 0. The van der Waals surface area contributed by atoms with Crippen LogP contribution in [0, 0.1) is 17.8 Å². The van der Waals surface area contributed by atoms with Gasteiger partial charge >= 0.3 is 6.29 Å². The fourth-order valence-corrected chi connectivity index (χ4v) is 2.73. The van der Waals surface area contributed by atoms with Crippen LogP contribution in [0.3, 0.4) is 0 Å². The van der Waals surface area contributed by atoms with Gasteiger partial charge in [-0.2, -0.15) is 0 Å². The molecule has 1 heterocycles. The zero-order valence-corrected chi connectivity index (χ0v) is 11.4. The Morgan fingerprint density at radius 1 is 0.842 bits per heavy atom. The number of hydrogen-bond donors (Lipinski definition) is 0. The molecule has 0 aromatic carbocycles. The predicted octanol–water partition coefficient (Wildman–Crippen LogP) is 4.14. The van der Waals surface area contributed by atoms with Crippen LogP contribution in [-0.2, 0) is 9.47 Å². The van der Waals surface area contributed by atoms with Gasteiger partial charge in [-0.15, -0.1) is 8.78 Å². The first-order valence-corrected chi connectivity index (χ1v) is 7.06. The van der Waals surface area contributed by atoms with Crippen LogP contribution in [0.4, 0.5) is 8.78 Å². The topological polar surface area (TPSA) is 18.5 Å². The molecule has 1 saturated carbocycles. The maximum Gasteiger partial charge on any atom is 0.485 e. The minimum absolute atomic E-state index is 0.0391. The number of alkyl halides is 2. The van der Waals surface area contributed by atoms with E-state index in [0.717, 1.165) is 5.92 Å². The fraction of sp³-hybridized carbons (Fsp3) is 0.733. The lowest BCUT2D eigenvalue weighted by atomic mass is 9.81. The quantitative estimate of drug-likeness (QED) is 0.719. The molecule has 1 aliphatic heterocycles. The summed E-state index contributed by atoms with van der Waals surface area (Å²) in [5.74, 6) is 1.24. The Bertz CT molecular complexity index is 321. The van der Waals surface area contributed by atoms with Gasteiger partial charge in [-0.3, -0.25) is 9.47 Å². The van der Waals surface area contributed by atoms with Gasteiger partial charge in [0, 0.05) is 5.92 Å². The van der Waals surface area contributed by atoms with Crippen LogP contribution in [0.25, 0.3) is 0 Å². The van der Waals surface area contributed by atoms with Crippen molar-refractivity contribution in [1.82, 2.24) is 0 Å². The maximum absolute atomic E-state index is 12.6. The summed E-state index contributed by atoms with van der Waals surface area (Å²) >= 11 is 0. The zero-order chi connectivity index (χ0) is 13.7. The highest BCUT2D eigenvalue weighted by atomic mass is 19.3. The first-order chi connectivity index (χ1) is 9.09. The molecule has 0 radical (unpaired) electrons. The van der Waals surface area contributed by atoms with Crippen molar-refractivity contribution in [3.05, 3.63) is 24.3 Å². The van der Waals surface area contributed by atoms with Crippen molar-refractivity contribution in [2.24, 2.45) is 17.8 Å². The van der Waals surface area contributed by atoms with Crippen LogP contribution in [0.5, 0.6) is 0 Å². The van der Waals surface area contributed by atoms with Gasteiger partial charge in [-0.1, -0.05) is 24.3 Å². The van der Waals surface area contributed by atoms with Gasteiger partial charge in [0.25, 0.3) is 0 Å². The van der Waals surface area contributed by atoms with E-state index >= 15 is 0 Å². The third-order valence-corrected chi connectivity index (χ3v) is 3.87. The lowest BCUT2D eigenvalue weighted by Crippen LogP contribution is -2.36. The summed E-state index contributed by atoms with van der Waals surface area (Å²) in [5, 5.41) is 0. The summed E-state index contributed by atoms with van der Waals surface area (Å²) in [7, 11) is 0. The molecule has 4 heteroatoms. The molecule has 2 aliphatic rings. The monoisotopic (exact) mass is 272 g/mol.